The number of aromatic carboxylic acids is 1. The van der Waals surface area contributed by atoms with Gasteiger partial charge < -0.3 is 19.3 Å². The zero-order chi connectivity index (χ0) is 29.0. The molecule has 0 aliphatic carbocycles. The monoisotopic (exact) mass is 561 g/mol. The summed E-state index contributed by atoms with van der Waals surface area (Å²) in [4.78, 5) is 42.5. The first-order chi connectivity index (χ1) is 18.7. The maximum absolute atomic E-state index is 13.8. The molecule has 1 N–H and O–H groups in total. The Morgan fingerprint density at radius 1 is 1.07 bits per heavy atom. The molecule has 0 unspecified atom stereocenters. The van der Waals surface area contributed by atoms with Crippen molar-refractivity contribution in [1.29, 1.82) is 0 Å². The predicted octanol–water partition coefficient (Wildman–Crippen LogP) is 5.98. The van der Waals surface area contributed by atoms with E-state index in [9.17, 15) is 14.7 Å². The number of hydrogen-bond acceptors (Lipinski definition) is 7. The van der Waals surface area contributed by atoms with Crippen LogP contribution in [0.25, 0.3) is 22.4 Å². The van der Waals surface area contributed by atoms with Crippen molar-refractivity contribution in [3.8, 4) is 11.3 Å². The molecule has 0 bridgehead atoms. The summed E-state index contributed by atoms with van der Waals surface area (Å²) < 4.78 is 6.24. The Kier molecular flexibility index (Phi) is 6.82. The van der Waals surface area contributed by atoms with Crippen LogP contribution in [0.5, 0.6) is 0 Å². The van der Waals surface area contributed by atoms with Gasteiger partial charge in [0.25, 0.3) is 5.91 Å². The number of carbonyl (C=O) groups is 2. The third kappa shape index (κ3) is 5.13. The molecule has 9 nitrogen and oxygen atoms in total. The highest BCUT2D eigenvalue weighted by Gasteiger charge is 2.39. The van der Waals surface area contributed by atoms with Crippen molar-refractivity contribution in [2.75, 3.05) is 24.5 Å². The molecule has 40 heavy (non-hydrogen) atoms. The molecule has 1 aromatic carbocycles. The quantitative estimate of drug-likeness (QED) is 0.323. The van der Waals surface area contributed by atoms with E-state index in [1.54, 1.807) is 17.9 Å². The number of hydrogen-bond donors (Lipinski definition) is 1. The van der Waals surface area contributed by atoms with Gasteiger partial charge in [0.15, 0.2) is 11.3 Å². The number of pyridine rings is 1. The van der Waals surface area contributed by atoms with Crippen LogP contribution in [0.15, 0.2) is 47.0 Å². The van der Waals surface area contributed by atoms with E-state index in [1.165, 1.54) is 6.20 Å². The molecule has 0 saturated carbocycles. The third-order valence-electron chi connectivity index (χ3n) is 7.26. The number of amides is 1. The average molecular weight is 562 g/mol. The number of benzene rings is 1. The van der Waals surface area contributed by atoms with Crippen molar-refractivity contribution in [3.05, 3.63) is 70.2 Å². The topological polar surface area (TPSA) is 113 Å². The van der Waals surface area contributed by atoms with E-state index in [4.69, 9.17) is 21.0 Å². The number of carbonyl (C=O) groups excluding carboxylic acids is 1. The van der Waals surface area contributed by atoms with Crippen LogP contribution < -0.4 is 4.90 Å². The van der Waals surface area contributed by atoms with Gasteiger partial charge >= 0.3 is 5.97 Å². The van der Waals surface area contributed by atoms with E-state index in [2.05, 4.69) is 30.7 Å². The van der Waals surface area contributed by atoms with Crippen molar-refractivity contribution >= 4 is 40.5 Å². The largest absolute Gasteiger partial charge is 0.478 e. The zero-order valence-electron chi connectivity index (χ0n) is 23.4. The van der Waals surface area contributed by atoms with E-state index < -0.39 is 11.5 Å². The summed E-state index contributed by atoms with van der Waals surface area (Å²) in [6.45, 7) is 13.3. The predicted molar refractivity (Wildman–Crippen MR) is 154 cm³/mol. The lowest BCUT2D eigenvalue weighted by atomic mass is 9.86. The van der Waals surface area contributed by atoms with Crippen LogP contribution in [-0.4, -0.2) is 62.0 Å². The number of furan rings is 1. The Bertz CT molecular complexity index is 1620. The average Bonchev–Trinajstić information content (AvgIpc) is 3.31. The second-order valence-corrected chi connectivity index (χ2v) is 12.2. The lowest BCUT2D eigenvalue weighted by Gasteiger charge is -2.46. The van der Waals surface area contributed by atoms with Gasteiger partial charge in [-0.3, -0.25) is 4.79 Å². The maximum Gasteiger partial charge on any atom is 0.339 e. The number of rotatable bonds is 4. The standard InChI is InChI=1S/C30H32ClN5O4/c1-17-20(27(38)39)15-32-28(33-17)35-11-12-36(30(5,6)16-35)26(37)24-14-23-25(40-24)21(29(2,3)4)13-22(34-23)18-7-9-19(31)10-8-18/h7-10,13-15H,11-12,16H2,1-6H3,(H,38,39). The number of piperazine rings is 1. The van der Waals surface area contributed by atoms with Gasteiger partial charge in [0, 0.05) is 48.0 Å². The number of carboxylic acid groups (broad SMARTS) is 1. The van der Waals surface area contributed by atoms with Gasteiger partial charge in [-0.1, -0.05) is 44.5 Å². The smallest absolute Gasteiger partial charge is 0.339 e. The molecule has 10 heteroatoms. The van der Waals surface area contributed by atoms with Crippen molar-refractivity contribution in [3.63, 3.8) is 0 Å². The lowest BCUT2D eigenvalue weighted by molar-refractivity contribution is 0.0482. The third-order valence-corrected chi connectivity index (χ3v) is 7.52. The number of carboxylic acids is 1. The molecule has 1 aliphatic heterocycles. The van der Waals surface area contributed by atoms with Crippen LogP contribution in [0, 0.1) is 6.92 Å². The Balaban J connectivity index is 1.45. The Hall–Kier alpha value is -3.98. The molecule has 3 aromatic heterocycles. The number of aryl methyl sites for hydroxylation is 1. The number of halogens is 1. The molecule has 1 aliphatic rings. The van der Waals surface area contributed by atoms with Gasteiger partial charge in [0.2, 0.25) is 5.95 Å². The highest BCUT2D eigenvalue weighted by Crippen LogP contribution is 2.36. The molecule has 5 rings (SSSR count). The van der Waals surface area contributed by atoms with Crippen molar-refractivity contribution in [2.24, 2.45) is 0 Å². The molecule has 1 fully saturated rings. The lowest BCUT2D eigenvalue weighted by Crippen LogP contribution is -2.61. The first-order valence-electron chi connectivity index (χ1n) is 13.1. The fraction of sp³-hybridized carbons (Fsp3) is 0.367. The molecule has 4 heterocycles. The number of aromatic nitrogens is 3. The highest BCUT2D eigenvalue weighted by atomic mass is 35.5. The van der Waals surface area contributed by atoms with Gasteiger partial charge in [-0.15, -0.1) is 0 Å². The fourth-order valence-electron chi connectivity index (χ4n) is 5.10. The number of anilines is 1. The molecule has 1 saturated heterocycles. The molecule has 1 amide bonds. The molecule has 0 radical (unpaired) electrons. The first-order valence-corrected chi connectivity index (χ1v) is 13.5. The SMILES string of the molecule is Cc1nc(N2CCN(C(=O)c3cc4nc(-c5ccc(Cl)cc5)cc(C(C)(C)C)c4o3)C(C)(C)C2)ncc1C(=O)O. The van der Waals surface area contributed by atoms with Crippen LogP contribution in [0.4, 0.5) is 5.95 Å². The van der Waals surface area contributed by atoms with Gasteiger partial charge in [0.1, 0.15) is 5.52 Å². The van der Waals surface area contributed by atoms with Gasteiger partial charge in [0.05, 0.1) is 22.5 Å². The summed E-state index contributed by atoms with van der Waals surface area (Å²) in [5.74, 6) is -0.593. The van der Waals surface area contributed by atoms with E-state index in [0.717, 1.165) is 16.8 Å². The minimum absolute atomic E-state index is 0.0733. The molecule has 0 spiro atoms. The summed E-state index contributed by atoms with van der Waals surface area (Å²) in [7, 11) is 0. The van der Waals surface area contributed by atoms with Crippen LogP contribution in [0.1, 0.15) is 66.8 Å². The Labute approximate surface area is 237 Å². The molecule has 208 valence electrons. The van der Waals surface area contributed by atoms with E-state index >= 15 is 0 Å². The van der Waals surface area contributed by atoms with E-state index in [1.807, 2.05) is 49.1 Å². The number of nitrogens with zero attached hydrogens (tertiary/aromatic N) is 5. The van der Waals surface area contributed by atoms with Gasteiger partial charge in [-0.05, 0) is 44.4 Å². The summed E-state index contributed by atoms with van der Waals surface area (Å²) in [5, 5.41) is 9.95. The Morgan fingerprint density at radius 2 is 1.77 bits per heavy atom. The summed E-state index contributed by atoms with van der Waals surface area (Å²) in [6.07, 6.45) is 1.33. The van der Waals surface area contributed by atoms with Crippen molar-refractivity contribution in [1.82, 2.24) is 19.9 Å². The minimum atomic E-state index is -1.06. The second kappa shape index (κ2) is 9.89. The first kappa shape index (κ1) is 27.6. The Morgan fingerprint density at radius 3 is 2.38 bits per heavy atom. The second-order valence-electron chi connectivity index (χ2n) is 11.8. The summed E-state index contributed by atoms with van der Waals surface area (Å²) in [6, 6.07) is 11.3. The van der Waals surface area contributed by atoms with Crippen LogP contribution in [0.2, 0.25) is 5.02 Å². The highest BCUT2D eigenvalue weighted by molar-refractivity contribution is 6.30. The van der Waals surface area contributed by atoms with Crippen molar-refractivity contribution < 1.29 is 19.1 Å². The molecular weight excluding hydrogens is 530 g/mol. The van der Waals surface area contributed by atoms with Gasteiger partial charge in [-0.2, -0.15) is 0 Å². The maximum atomic E-state index is 13.8. The fourth-order valence-corrected chi connectivity index (χ4v) is 5.23. The molecular formula is C30H32ClN5O4. The summed E-state index contributed by atoms with van der Waals surface area (Å²) >= 11 is 6.09. The van der Waals surface area contributed by atoms with E-state index in [0.29, 0.717) is 47.4 Å². The zero-order valence-corrected chi connectivity index (χ0v) is 24.2. The van der Waals surface area contributed by atoms with Crippen molar-refractivity contribution in [2.45, 2.75) is 52.5 Å². The van der Waals surface area contributed by atoms with E-state index in [-0.39, 0.29) is 22.6 Å². The normalized spacial score (nSPS) is 15.5. The molecule has 0 atom stereocenters. The molecule has 4 aromatic rings. The number of fused-ring (bicyclic) bond motifs is 1. The summed E-state index contributed by atoms with van der Waals surface area (Å²) in [5.41, 5.74) is 3.55. The minimum Gasteiger partial charge on any atom is -0.478 e. The van der Waals surface area contributed by atoms with Gasteiger partial charge in [-0.25, -0.2) is 19.7 Å². The van der Waals surface area contributed by atoms with Crippen LogP contribution >= 0.6 is 11.6 Å². The van der Waals surface area contributed by atoms with Crippen LogP contribution in [0.3, 0.4) is 0 Å². The van der Waals surface area contributed by atoms with Crippen LogP contribution in [-0.2, 0) is 5.41 Å².